The number of imidazole rings is 1. The minimum atomic E-state index is 0.363. The molecule has 4 rings (SSSR count). The number of nitrogens with zero attached hydrogens (tertiary/aromatic N) is 7. The standard InChI is InChI=1S/C20H23N7/c1-25-19(14-27-10-8-22-15-27)23-24-20(25)18-7-4-9-26(13-18)12-17-6-3-2-5-16(17)11-21/h2-3,5-6,8,10,15,18H,4,7,9,12-14H2,1H3. The van der Waals surface area contributed by atoms with Gasteiger partial charge in [-0.05, 0) is 31.0 Å². The van der Waals surface area contributed by atoms with Gasteiger partial charge in [-0.25, -0.2) is 4.98 Å². The molecular weight excluding hydrogens is 338 g/mol. The molecule has 7 heteroatoms. The monoisotopic (exact) mass is 361 g/mol. The third kappa shape index (κ3) is 3.76. The van der Waals surface area contributed by atoms with E-state index in [0.717, 1.165) is 55.3 Å². The summed E-state index contributed by atoms with van der Waals surface area (Å²) in [5.41, 5.74) is 1.86. The van der Waals surface area contributed by atoms with E-state index in [0.29, 0.717) is 12.5 Å². The van der Waals surface area contributed by atoms with Crippen molar-refractivity contribution in [2.24, 2.45) is 7.05 Å². The Morgan fingerprint density at radius 1 is 1.22 bits per heavy atom. The van der Waals surface area contributed by atoms with Gasteiger partial charge in [0, 0.05) is 38.4 Å². The molecule has 1 unspecified atom stereocenters. The third-order valence-corrected chi connectivity index (χ3v) is 5.28. The molecule has 1 atom stereocenters. The Kier molecular flexibility index (Phi) is 4.99. The lowest BCUT2D eigenvalue weighted by molar-refractivity contribution is 0.195. The van der Waals surface area contributed by atoms with Crippen molar-refractivity contribution in [2.45, 2.75) is 31.8 Å². The lowest BCUT2D eigenvalue weighted by atomic mass is 9.96. The lowest BCUT2D eigenvalue weighted by Crippen LogP contribution is -2.35. The maximum Gasteiger partial charge on any atom is 0.152 e. The predicted molar refractivity (Wildman–Crippen MR) is 101 cm³/mol. The Morgan fingerprint density at radius 2 is 2.11 bits per heavy atom. The van der Waals surface area contributed by atoms with Crippen LogP contribution in [0.4, 0.5) is 0 Å². The van der Waals surface area contributed by atoms with E-state index in [1.54, 1.807) is 12.5 Å². The van der Waals surface area contributed by atoms with Gasteiger partial charge in [0.15, 0.2) is 5.82 Å². The normalized spacial score (nSPS) is 17.7. The topological polar surface area (TPSA) is 75.6 Å². The summed E-state index contributed by atoms with van der Waals surface area (Å²) in [5, 5.41) is 18.2. The van der Waals surface area contributed by atoms with E-state index in [1.807, 2.05) is 42.1 Å². The van der Waals surface area contributed by atoms with Crippen molar-refractivity contribution >= 4 is 0 Å². The molecule has 0 radical (unpaired) electrons. The number of piperidine rings is 1. The van der Waals surface area contributed by atoms with Crippen LogP contribution >= 0.6 is 0 Å². The van der Waals surface area contributed by atoms with E-state index in [4.69, 9.17) is 0 Å². The summed E-state index contributed by atoms with van der Waals surface area (Å²) in [6.07, 6.45) is 7.75. The smallest absolute Gasteiger partial charge is 0.152 e. The van der Waals surface area contributed by atoms with E-state index in [1.165, 1.54) is 0 Å². The second kappa shape index (κ2) is 7.72. The Balaban J connectivity index is 1.47. The van der Waals surface area contributed by atoms with Gasteiger partial charge in [-0.3, -0.25) is 4.90 Å². The Labute approximate surface area is 158 Å². The first-order valence-electron chi connectivity index (χ1n) is 9.29. The van der Waals surface area contributed by atoms with Gasteiger partial charge in [-0.2, -0.15) is 5.26 Å². The number of nitriles is 1. The van der Waals surface area contributed by atoms with Gasteiger partial charge in [0.2, 0.25) is 0 Å². The van der Waals surface area contributed by atoms with Crippen LogP contribution in [-0.2, 0) is 20.1 Å². The van der Waals surface area contributed by atoms with Crippen LogP contribution < -0.4 is 0 Å². The maximum absolute atomic E-state index is 9.33. The van der Waals surface area contributed by atoms with Crippen molar-refractivity contribution < 1.29 is 0 Å². The van der Waals surface area contributed by atoms with Crippen molar-refractivity contribution in [1.29, 1.82) is 5.26 Å². The first kappa shape index (κ1) is 17.4. The summed E-state index contributed by atoms with van der Waals surface area (Å²) in [6, 6.07) is 10.2. The van der Waals surface area contributed by atoms with E-state index in [2.05, 4.69) is 30.7 Å². The lowest BCUT2D eigenvalue weighted by Gasteiger charge is -2.32. The molecule has 1 aliphatic rings. The number of aromatic nitrogens is 5. The van der Waals surface area contributed by atoms with Gasteiger partial charge in [0.05, 0.1) is 24.5 Å². The van der Waals surface area contributed by atoms with Gasteiger partial charge < -0.3 is 9.13 Å². The van der Waals surface area contributed by atoms with Crippen LogP contribution in [0.3, 0.4) is 0 Å². The molecule has 138 valence electrons. The van der Waals surface area contributed by atoms with Gasteiger partial charge in [0.1, 0.15) is 5.82 Å². The maximum atomic E-state index is 9.33. The number of rotatable bonds is 5. The van der Waals surface area contributed by atoms with Crippen LogP contribution in [-0.4, -0.2) is 42.3 Å². The van der Waals surface area contributed by atoms with E-state index in [-0.39, 0.29) is 0 Å². The summed E-state index contributed by atoms with van der Waals surface area (Å²) in [6.45, 7) is 3.47. The average Bonchev–Trinajstić information content (AvgIpc) is 3.33. The molecule has 2 aromatic heterocycles. The molecule has 3 aromatic rings. The van der Waals surface area contributed by atoms with Gasteiger partial charge >= 0.3 is 0 Å². The van der Waals surface area contributed by atoms with Gasteiger partial charge in [0.25, 0.3) is 0 Å². The SMILES string of the molecule is Cn1c(Cn2ccnc2)nnc1C1CCCN(Cc2ccccc2C#N)C1. The molecular formula is C20H23N7. The highest BCUT2D eigenvalue weighted by molar-refractivity contribution is 5.37. The Hall–Kier alpha value is -2.98. The van der Waals surface area contributed by atoms with Crippen LogP contribution in [0.2, 0.25) is 0 Å². The molecule has 0 spiro atoms. The molecule has 0 N–H and O–H groups in total. The summed E-state index contributed by atoms with van der Waals surface area (Å²) >= 11 is 0. The van der Waals surface area contributed by atoms with Crippen LogP contribution in [0, 0.1) is 11.3 Å². The van der Waals surface area contributed by atoms with Gasteiger partial charge in [-0.1, -0.05) is 18.2 Å². The molecule has 1 aliphatic heterocycles. The predicted octanol–water partition coefficient (Wildman–Crippen LogP) is 2.31. The molecule has 3 heterocycles. The summed E-state index contributed by atoms with van der Waals surface area (Å²) in [4.78, 5) is 6.51. The summed E-state index contributed by atoms with van der Waals surface area (Å²) in [5.74, 6) is 2.35. The van der Waals surface area contributed by atoms with Crippen molar-refractivity contribution in [3.63, 3.8) is 0 Å². The molecule has 0 aliphatic carbocycles. The molecule has 7 nitrogen and oxygen atoms in total. The van der Waals surface area contributed by atoms with E-state index < -0.39 is 0 Å². The largest absolute Gasteiger partial charge is 0.330 e. The number of likely N-dealkylation sites (tertiary alicyclic amines) is 1. The quantitative estimate of drug-likeness (QED) is 0.697. The first-order valence-corrected chi connectivity index (χ1v) is 9.29. The molecule has 1 fully saturated rings. The highest BCUT2D eigenvalue weighted by Gasteiger charge is 2.26. The fraction of sp³-hybridized carbons (Fsp3) is 0.400. The molecule has 0 bridgehead atoms. The fourth-order valence-corrected chi connectivity index (χ4v) is 3.83. The van der Waals surface area contributed by atoms with Crippen LogP contribution in [0.5, 0.6) is 0 Å². The van der Waals surface area contributed by atoms with Crippen LogP contribution in [0.25, 0.3) is 0 Å². The van der Waals surface area contributed by atoms with Crippen molar-refractivity contribution in [3.05, 3.63) is 65.8 Å². The number of hydrogen-bond acceptors (Lipinski definition) is 5. The van der Waals surface area contributed by atoms with E-state index >= 15 is 0 Å². The average molecular weight is 361 g/mol. The summed E-state index contributed by atoms with van der Waals surface area (Å²) in [7, 11) is 2.05. The second-order valence-corrected chi connectivity index (χ2v) is 7.11. The minimum absolute atomic E-state index is 0.363. The first-order chi connectivity index (χ1) is 13.2. The third-order valence-electron chi connectivity index (χ3n) is 5.28. The second-order valence-electron chi connectivity index (χ2n) is 7.11. The minimum Gasteiger partial charge on any atom is -0.330 e. The molecule has 0 saturated carbocycles. The highest BCUT2D eigenvalue weighted by atomic mass is 15.3. The zero-order chi connectivity index (χ0) is 18.6. The number of hydrogen-bond donors (Lipinski definition) is 0. The van der Waals surface area contributed by atoms with Crippen LogP contribution in [0.1, 0.15) is 41.5 Å². The van der Waals surface area contributed by atoms with Crippen molar-refractivity contribution in [1.82, 2.24) is 29.2 Å². The zero-order valence-electron chi connectivity index (χ0n) is 15.5. The molecule has 1 aromatic carbocycles. The highest BCUT2D eigenvalue weighted by Crippen LogP contribution is 2.27. The zero-order valence-corrected chi connectivity index (χ0v) is 15.5. The fourth-order valence-electron chi connectivity index (χ4n) is 3.83. The Bertz CT molecular complexity index is 936. The molecule has 1 saturated heterocycles. The summed E-state index contributed by atoms with van der Waals surface area (Å²) < 4.78 is 4.12. The van der Waals surface area contributed by atoms with Crippen LogP contribution in [0.15, 0.2) is 43.0 Å². The molecule has 0 amide bonds. The number of benzene rings is 1. The molecule has 27 heavy (non-hydrogen) atoms. The van der Waals surface area contributed by atoms with E-state index in [9.17, 15) is 5.26 Å². The van der Waals surface area contributed by atoms with Crippen molar-refractivity contribution in [3.8, 4) is 6.07 Å². The van der Waals surface area contributed by atoms with Gasteiger partial charge in [-0.15, -0.1) is 10.2 Å². The van der Waals surface area contributed by atoms with Crippen molar-refractivity contribution in [2.75, 3.05) is 13.1 Å². The Morgan fingerprint density at radius 3 is 2.93 bits per heavy atom.